The van der Waals surface area contributed by atoms with Gasteiger partial charge in [-0.15, -0.1) is 0 Å². The predicted octanol–water partition coefficient (Wildman–Crippen LogP) is 2.84. The number of nitrogens with zero attached hydrogens (tertiary/aromatic N) is 1. The second kappa shape index (κ2) is 6.70. The number of anilines is 1. The molecule has 0 aromatic heterocycles. The molecule has 0 saturated carbocycles. The van der Waals surface area contributed by atoms with E-state index < -0.39 is 22.0 Å². The lowest BCUT2D eigenvalue weighted by Crippen LogP contribution is -2.36. The fourth-order valence-electron chi connectivity index (χ4n) is 3.28. The maximum Gasteiger partial charge on any atom is 0.335 e. The van der Waals surface area contributed by atoms with Gasteiger partial charge < -0.3 is 10.2 Å². The lowest BCUT2D eigenvalue weighted by Gasteiger charge is -2.31. The molecule has 0 bridgehead atoms. The lowest BCUT2D eigenvalue weighted by atomic mass is 10.0. The van der Waals surface area contributed by atoms with E-state index in [0.717, 1.165) is 0 Å². The number of aryl methyl sites for hydroxylation is 2. The van der Waals surface area contributed by atoms with Gasteiger partial charge in [-0.25, -0.2) is 18.0 Å². The van der Waals surface area contributed by atoms with Crippen LogP contribution >= 0.6 is 0 Å². The zero-order chi connectivity index (χ0) is 19.9. The molecule has 0 radical (unpaired) electrons. The van der Waals surface area contributed by atoms with Crippen LogP contribution in [0.4, 0.5) is 5.69 Å². The molecule has 2 aromatic carbocycles. The second-order valence-corrected chi connectivity index (χ2v) is 8.38. The molecule has 0 amide bonds. The Hall–Kier alpha value is -2.87. The molecule has 27 heavy (non-hydrogen) atoms. The van der Waals surface area contributed by atoms with Gasteiger partial charge >= 0.3 is 11.9 Å². The van der Waals surface area contributed by atoms with E-state index in [1.807, 2.05) is 0 Å². The summed E-state index contributed by atoms with van der Waals surface area (Å²) < 4.78 is 27.9. The summed E-state index contributed by atoms with van der Waals surface area (Å²) in [7, 11) is -4.00. The first kappa shape index (κ1) is 18.9. The first-order valence-electron chi connectivity index (χ1n) is 8.36. The Kier molecular flexibility index (Phi) is 4.69. The van der Waals surface area contributed by atoms with Crippen molar-refractivity contribution in [2.24, 2.45) is 0 Å². The Bertz CT molecular complexity index is 1060. The molecule has 0 fully saturated rings. The smallest absolute Gasteiger partial charge is 0.335 e. The summed E-state index contributed by atoms with van der Waals surface area (Å²) in [6, 6.07) is 6.99. The van der Waals surface area contributed by atoms with Crippen molar-refractivity contribution in [3.05, 3.63) is 58.1 Å². The van der Waals surface area contributed by atoms with Crippen molar-refractivity contribution in [1.82, 2.24) is 0 Å². The maximum atomic E-state index is 13.3. The molecule has 1 aliphatic heterocycles. The van der Waals surface area contributed by atoms with Crippen LogP contribution in [0.5, 0.6) is 0 Å². The molecule has 7 nitrogen and oxygen atoms in total. The molecule has 0 aliphatic carbocycles. The fraction of sp³-hybridized carbons (Fsp3) is 0.263. The number of sulfonamides is 1. The van der Waals surface area contributed by atoms with Crippen LogP contribution in [-0.4, -0.2) is 37.1 Å². The average Bonchev–Trinajstić information content (AvgIpc) is 2.62. The van der Waals surface area contributed by atoms with Gasteiger partial charge in [0.05, 0.1) is 21.7 Å². The number of aromatic carboxylic acids is 2. The summed E-state index contributed by atoms with van der Waals surface area (Å²) in [4.78, 5) is 22.5. The predicted molar refractivity (Wildman–Crippen MR) is 99.1 cm³/mol. The van der Waals surface area contributed by atoms with Crippen LogP contribution in [0.25, 0.3) is 0 Å². The highest BCUT2D eigenvalue weighted by Gasteiger charge is 2.31. The number of rotatable bonds is 4. The van der Waals surface area contributed by atoms with Gasteiger partial charge in [0.1, 0.15) is 0 Å². The van der Waals surface area contributed by atoms with E-state index in [1.54, 1.807) is 13.8 Å². The van der Waals surface area contributed by atoms with Crippen LogP contribution in [-0.2, 0) is 16.4 Å². The summed E-state index contributed by atoms with van der Waals surface area (Å²) in [5, 5.41) is 18.4. The summed E-state index contributed by atoms with van der Waals surface area (Å²) >= 11 is 0. The third-order valence-corrected chi connectivity index (χ3v) is 6.78. The highest BCUT2D eigenvalue weighted by molar-refractivity contribution is 7.92. The number of fused-ring (bicyclic) bond motifs is 1. The lowest BCUT2D eigenvalue weighted by molar-refractivity contribution is 0.0686. The maximum absolute atomic E-state index is 13.3. The first-order valence-corrected chi connectivity index (χ1v) is 9.80. The quantitative estimate of drug-likeness (QED) is 0.832. The molecule has 3 rings (SSSR count). The standard InChI is InChI=1S/C19H19NO6S/c1-11-8-15(19(23)24)10-17(12(11)2)27(25,26)20-7-3-4-13-9-14(18(21)22)5-6-16(13)20/h5-6,8-10H,3-4,7H2,1-2H3,(H,21,22)(H,23,24). The minimum Gasteiger partial charge on any atom is -0.478 e. The summed E-state index contributed by atoms with van der Waals surface area (Å²) in [5.41, 5.74) is 2.17. The van der Waals surface area contributed by atoms with Gasteiger partial charge in [0.15, 0.2) is 0 Å². The van der Waals surface area contributed by atoms with E-state index >= 15 is 0 Å². The van der Waals surface area contributed by atoms with E-state index in [-0.39, 0.29) is 22.6 Å². The number of benzene rings is 2. The SMILES string of the molecule is Cc1cc(C(=O)O)cc(S(=O)(=O)N2CCCc3cc(C(=O)O)ccc32)c1C. The highest BCUT2D eigenvalue weighted by atomic mass is 32.2. The van der Waals surface area contributed by atoms with Gasteiger partial charge in [-0.3, -0.25) is 4.31 Å². The fourth-order valence-corrected chi connectivity index (χ4v) is 5.15. The molecule has 0 saturated heterocycles. The molecule has 8 heteroatoms. The largest absolute Gasteiger partial charge is 0.478 e. The van der Waals surface area contributed by atoms with Crippen LogP contribution in [0.2, 0.25) is 0 Å². The molecular formula is C19H19NO6S. The van der Waals surface area contributed by atoms with Gasteiger partial charge in [-0.1, -0.05) is 0 Å². The van der Waals surface area contributed by atoms with Crippen LogP contribution < -0.4 is 4.31 Å². The molecule has 142 valence electrons. The minimum atomic E-state index is -4.00. The van der Waals surface area contributed by atoms with E-state index in [2.05, 4.69) is 0 Å². The van der Waals surface area contributed by atoms with Crippen LogP contribution in [0.1, 0.15) is 43.8 Å². The van der Waals surface area contributed by atoms with Crippen molar-refractivity contribution < 1.29 is 28.2 Å². The average molecular weight is 389 g/mol. The molecule has 2 aromatic rings. The van der Waals surface area contributed by atoms with Crippen LogP contribution in [0.3, 0.4) is 0 Å². The van der Waals surface area contributed by atoms with Crippen molar-refractivity contribution in [2.45, 2.75) is 31.6 Å². The zero-order valence-corrected chi connectivity index (χ0v) is 15.7. The number of carboxylic acids is 2. The third-order valence-electron chi connectivity index (χ3n) is 4.84. The molecule has 2 N–H and O–H groups in total. The van der Waals surface area contributed by atoms with E-state index in [9.17, 15) is 23.1 Å². The van der Waals surface area contributed by atoms with Crippen molar-refractivity contribution >= 4 is 27.6 Å². The van der Waals surface area contributed by atoms with Crippen LogP contribution in [0.15, 0.2) is 35.2 Å². The van der Waals surface area contributed by atoms with Crippen LogP contribution in [0, 0.1) is 13.8 Å². The van der Waals surface area contributed by atoms with Gasteiger partial charge in [-0.05, 0) is 73.7 Å². The topological polar surface area (TPSA) is 112 Å². The number of hydrogen-bond donors (Lipinski definition) is 2. The number of carbonyl (C=O) groups is 2. The van der Waals surface area contributed by atoms with Gasteiger partial charge in [0.25, 0.3) is 10.0 Å². The Morgan fingerprint density at radius 3 is 2.30 bits per heavy atom. The zero-order valence-electron chi connectivity index (χ0n) is 14.9. The highest BCUT2D eigenvalue weighted by Crippen LogP contribution is 2.34. The van der Waals surface area contributed by atoms with E-state index in [4.69, 9.17) is 5.11 Å². The third kappa shape index (κ3) is 3.28. The van der Waals surface area contributed by atoms with Crippen molar-refractivity contribution in [2.75, 3.05) is 10.8 Å². The molecule has 0 atom stereocenters. The monoisotopic (exact) mass is 389 g/mol. The molecular weight excluding hydrogens is 370 g/mol. The van der Waals surface area contributed by atoms with Crippen molar-refractivity contribution in [1.29, 1.82) is 0 Å². The van der Waals surface area contributed by atoms with Gasteiger partial charge in [-0.2, -0.15) is 0 Å². The summed E-state index contributed by atoms with van der Waals surface area (Å²) in [5.74, 6) is -2.27. The Morgan fingerprint density at radius 1 is 1.00 bits per heavy atom. The second-order valence-electron chi connectivity index (χ2n) is 6.55. The Balaban J connectivity index is 2.16. The van der Waals surface area contributed by atoms with Crippen molar-refractivity contribution in [3.63, 3.8) is 0 Å². The Labute approximate surface area is 156 Å². The van der Waals surface area contributed by atoms with Gasteiger partial charge in [0.2, 0.25) is 0 Å². The summed E-state index contributed by atoms with van der Waals surface area (Å²) in [6.45, 7) is 3.56. The minimum absolute atomic E-state index is 0.0462. The van der Waals surface area contributed by atoms with Crippen molar-refractivity contribution in [3.8, 4) is 0 Å². The van der Waals surface area contributed by atoms with E-state index in [0.29, 0.717) is 35.2 Å². The Morgan fingerprint density at radius 2 is 1.67 bits per heavy atom. The normalized spacial score (nSPS) is 13.9. The molecule has 1 heterocycles. The molecule has 0 unspecified atom stereocenters. The summed E-state index contributed by atoms with van der Waals surface area (Å²) in [6.07, 6.45) is 1.13. The van der Waals surface area contributed by atoms with Gasteiger partial charge in [0, 0.05) is 6.54 Å². The first-order chi connectivity index (χ1) is 12.6. The number of hydrogen-bond acceptors (Lipinski definition) is 4. The molecule has 0 spiro atoms. The van der Waals surface area contributed by atoms with E-state index in [1.165, 1.54) is 34.6 Å². The molecule has 1 aliphatic rings. The number of carboxylic acid groups (broad SMARTS) is 2.